The molecule has 0 saturated carbocycles. The van der Waals surface area contributed by atoms with E-state index in [0.29, 0.717) is 30.3 Å². The van der Waals surface area contributed by atoms with Crippen molar-refractivity contribution in [2.45, 2.75) is 46.6 Å². The molecule has 0 aliphatic heterocycles. The van der Waals surface area contributed by atoms with Gasteiger partial charge in [-0.1, -0.05) is 33.8 Å². The second-order valence-electron chi connectivity index (χ2n) is 9.19. The number of carbonyl (C=O) groups is 2. The molecule has 35 heavy (non-hydrogen) atoms. The van der Waals surface area contributed by atoms with Gasteiger partial charge in [-0.05, 0) is 24.0 Å². The van der Waals surface area contributed by atoms with E-state index in [1.165, 1.54) is 6.20 Å². The fourth-order valence-corrected chi connectivity index (χ4v) is 3.42. The Labute approximate surface area is 204 Å². The second-order valence-corrected chi connectivity index (χ2v) is 9.19. The molecule has 0 spiro atoms. The van der Waals surface area contributed by atoms with Crippen LogP contribution in [-0.4, -0.2) is 51.4 Å². The van der Waals surface area contributed by atoms with Gasteiger partial charge in [-0.25, -0.2) is 9.78 Å². The number of nitrogens with one attached hydrogen (secondary N) is 3. The maximum Gasteiger partial charge on any atom is 0.404 e. The fraction of sp³-hybridized carbons (Fsp3) is 0.417. The van der Waals surface area contributed by atoms with Gasteiger partial charge in [0.2, 0.25) is 5.95 Å². The Balaban J connectivity index is 1.80. The molecule has 2 heterocycles. The summed E-state index contributed by atoms with van der Waals surface area (Å²) in [4.78, 5) is 33.0. The number of nitrogens with two attached hydrogens (primary N) is 1. The third kappa shape index (κ3) is 7.23. The van der Waals surface area contributed by atoms with Crippen LogP contribution in [0.4, 0.5) is 22.2 Å². The number of anilines is 3. The first-order valence-corrected chi connectivity index (χ1v) is 11.5. The molecule has 186 valence electrons. The summed E-state index contributed by atoms with van der Waals surface area (Å²) in [5.74, 6) is 0.455. The van der Waals surface area contributed by atoms with Crippen molar-refractivity contribution < 1.29 is 14.3 Å². The van der Waals surface area contributed by atoms with E-state index in [-0.39, 0.29) is 24.0 Å². The second kappa shape index (κ2) is 11.4. The summed E-state index contributed by atoms with van der Waals surface area (Å²) in [5, 5.41) is 19.1. The number of rotatable bonds is 10. The predicted octanol–water partition coefficient (Wildman–Crippen LogP) is 3.62. The SMILES string of the molecule is CCCNc1nc(Nc2ccc3cnncc3c2)ncc1C(=O)NC(CCOC(N)=O)C(C)(C)C. The van der Waals surface area contributed by atoms with E-state index >= 15 is 0 Å². The van der Waals surface area contributed by atoms with Crippen molar-refractivity contribution >= 4 is 40.2 Å². The molecule has 2 aromatic heterocycles. The van der Waals surface area contributed by atoms with Crippen molar-refractivity contribution in [2.75, 3.05) is 23.8 Å². The van der Waals surface area contributed by atoms with Crippen LogP contribution >= 0.6 is 0 Å². The van der Waals surface area contributed by atoms with Crippen molar-refractivity contribution in [1.82, 2.24) is 25.5 Å². The lowest BCUT2D eigenvalue weighted by molar-refractivity contribution is 0.0877. The van der Waals surface area contributed by atoms with E-state index in [4.69, 9.17) is 10.5 Å². The molecule has 2 amide bonds. The molecule has 0 aliphatic rings. The van der Waals surface area contributed by atoms with Gasteiger partial charge in [0, 0.05) is 41.7 Å². The molecule has 0 aliphatic carbocycles. The molecule has 0 saturated heterocycles. The van der Waals surface area contributed by atoms with Crippen LogP contribution in [-0.2, 0) is 4.74 Å². The molecule has 0 bridgehead atoms. The van der Waals surface area contributed by atoms with Crippen molar-refractivity contribution in [3.8, 4) is 0 Å². The summed E-state index contributed by atoms with van der Waals surface area (Å²) in [6, 6.07) is 5.48. The molecule has 5 N–H and O–H groups in total. The van der Waals surface area contributed by atoms with E-state index in [1.807, 2.05) is 45.9 Å². The first-order valence-electron chi connectivity index (χ1n) is 11.5. The van der Waals surface area contributed by atoms with Gasteiger partial charge >= 0.3 is 6.09 Å². The fourth-order valence-electron chi connectivity index (χ4n) is 3.42. The Kier molecular flexibility index (Phi) is 8.34. The number of hydrogen-bond acceptors (Lipinski definition) is 9. The van der Waals surface area contributed by atoms with E-state index in [2.05, 4.69) is 36.1 Å². The summed E-state index contributed by atoms with van der Waals surface area (Å²) >= 11 is 0. The Morgan fingerprint density at radius 2 is 1.86 bits per heavy atom. The normalized spacial score (nSPS) is 12.1. The van der Waals surface area contributed by atoms with Gasteiger partial charge in [0.1, 0.15) is 11.4 Å². The Morgan fingerprint density at radius 3 is 2.54 bits per heavy atom. The summed E-state index contributed by atoms with van der Waals surface area (Å²) in [6.45, 7) is 8.76. The molecule has 1 atom stereocenters. The molecular formula is C24H32N8O3. The molecule has 0 fully saturated rings. The van der Waals surface area contributed by atoms with Gasteiger partial charge in [-0.3, -0.25) is 4.79 Å². The van der Waals surface area contributed by atoms with Crippen LogP contribution in [0.25, 0.3) is 10.8 Å². The minimum absolute atomic E-state index is 0.106. The number of aromatic nitrogens is 4. The van der Waals surface area contributed by atoms with Crippen LogP contribution in [0.2, 0.25) is 0 Å². The highest BCUT2D eigenvalue weighted by Crippen LogP contribution is 2.24. The average molecular weight is 481 g/mol. The van der Waals surface area contributed by atoms with Gasteiger partial charge in [-0.15, -0.1) is 0 Å². The number of ether oxygens (including phenoxy) is 1. The first kappa shape index (κ1) is 25.6. The molecule has 1 unspecified atom stereocenters. The van der Waals surface area contributed by atoms with Crippen LogP contribution in [0.3, 0.4) is 0 Å². The maximum atomic E-state index is 13.2. The van der Waals surface area contributed by atoms with E-state index in [9.17, 15) is 9.59 Å². The monoisotopic (exact) mass is 480 g/mol. The van der Waals surface area contributed by atoms with E-state index in [1.54, 1.807) is 12.4 Å². The zero-order chi connectivity index (χ0) is 25.4. The Morgan fingerprint density at radius 1 is 1.11 bits per heavy atom. The molecule has 3 aromatic rings. The third-order valence-corrected chi connectivity index (χ3v) is 5.38. The van der Waals surface area contributed by atoms with Crippen molar-refractivity contribution in [1.29, 1.82) is 0 Å². The quantitative estimate of drug-likeness (QED) is 0.340. The summed E-state index contributed by atoms with van der Waals surface area (Å²) in [5.41, 5.74) is 5.88. The lowest BCUT2D eigenvalue weighted by Crippen LogP contribution is -2.44. The largest absolute Gasteiger partial charge is 0.450 e. The number of hydrogen-bond donors (Lipinski definition) is 4. The predicted molar refractivity (Wildman–Crippen MR) is 134 cm³/mol. The molecule has 1 aromatic carbocycles. The lowest BCUT2D eigenvalue weighted by Gasteiger charge is -2.31. The molecule has 11 heteroatoms. The molecule has 11 nitrogen and oxygen atoms in total. The van der Waals surface area contributed by atoms with Crippen LogP contribution < -0.4 is 21.7 Å². The Hall–Kier alpha value is -4.02. The summed E-state index contributed by atoms with van der Waals surface area (Å²) in [7, 11) is 0. The smallest absolute Gasteiger partial charge is 0.404 e. The lowest BCUT2D eigenvalue weighted by atomic mass is 9.84. The van der Waals surface area contributed by atoms with Crippen LogP contribution in [0, 0.1) is 5.41 Å². The number of primary amides is 1. The number of fused-ring (bicyclic) bond motifs is 1. The van der Waals surface area contributed by atoms with Gasteiger partial charge in [0.25, 0.3) is 5.91 Å². The molecule has 3 rings (SSSR count). The van der Waals surface area contributed by atoms with Crippen molar-refractivity contribution in [3.63, 3.8) is 0 Å². The van der Waals surface area contributed by atoms with Gasteiger partial charge in [-0.2, -0.15) is 15.2 Å². The summed E-state index contributed by atoms with van der Waals surface area (Å²) in [6.07, 6.45) is 5.31. The van der Waals surface area contributed by atoms with E-state index in [0.717, 1.165) is 22.9 Å². The number of benzene rings is 1. The minimum Gasteiger partial charge on any atom is -0.450 e. The zero-order valence-corrected chi connectivity index (χ0v) is 20.5. The summed E-state index contributed by atoms with van der Waals surface area (Å²) < 4.78 is 4.87. The van der Waals surface area contributed by atoms with Crippen LogP contribution in [0.15, 0.2) is 36.8 Å². The van der Waals surface area contributed by atoms with Gasteiger partial charge in [0.15, 0.2) is 0 Å². The number of amides is 2. The maximum absolute atomic E-state index is 13.2. The number of nitrogens with zero attached hydrogens (tertiary/aromatic N) is 4. The topological polar surface area (TPSA) is 157 Å². The van der Waals surface area contributed by atoms with Gasteiger partial charge < -0.3 is 26.4 Å². The van der Waals surface area contributed by atoms with Gasteiger partial charge in [0.05, 0.1) is 19.0 Å². The number of carbonyl (C=O) groups excluding carboxylic acids is 2. The van der Waals surface area contributed by atoms with Crippen LogP contribution in [0.1, 0.15) is 50.9 Å². The minimum atomic E-state index is -0.842. The van der Waals surface area contributed by atoms with E-state index < -0.39 is 6.09 Å². The molecular weight excluding hydrogens is 448 g/mol. The first-order chi connectivity index (χ1) is 16.7. The van der Waals surface area contributed by atoms with Crippen molar-refractivity contribution in [3.05, 3.63) is 42.4 Å². The highest BCUT2D eigenvalue weighted by molar-refractivity contribution is 5.99. The average Bonchev–Trinajstić information content (AvgIpc) is 2.81. The Bertz CT molecular complexity index is 1180. The molecule has 0 radical (unpaired) electrons. The van der Waals surface area contributed by atoms with Crippen molar-refractivity contribution in [2.24, 2.45) is 11.1 Å². The zero-order valence-electron chi connectivity index (χ0n) is 20.5. The standard InChI is InChI=1S/C24H32N8O3/c1-5-9-26-20-18(21(33)31-19(24(2,3)4)8-10-35-22(25)34)14-27-23(32-20)30-17-7-6-15-12-28-29-13-16(15)11-17/h6-7,11-14,19H,5,8-10H2,1-4H3,(H2,25,34)(H,31,33)(H2,26,27,30,32). The highest BCUT2D eigenvalue weighted by Gasteiger charge is 2.28. The van der Waals surface area contributed by atoms with Crippen LogP contribution in [0.5, 0.6) is 0 Å². The highest BCUT2D eigenvalue weighted by atomic mass is 16.5. The third-order valence-electron chi connectivity index (χ3n) is 5.38.